The Morgan fingerprint density at radius 3 is 2.66 bits per heavy atom. The van der Waals surface area contributed by atoms with Gasteiger partial charge < -0.3 is 15.2 Å². The summed E-state index contributed by atoms with van der Waals surface area (Å²) in [6.07, 6.45) is 4.69. The number of nitrogens with one attached hydrogen (secondary N) is 2. The standard InChI is InChI=1S/C23H26FN9O2.2H2/c1-12-15(13(2)28-20(34)19-30-21(35-32-19)23(3,4)5)7-8-16(17(12)24)18-25-11-26-22(31-18)29-14-9-27-33(6)10-14;;/h7-11,13H,1-6H3,(H,28,34)(H,25,26,29,31);2*1H/t13-;;/m1../s1. The molecule has 0 saturated carbocycles. The summed E-state index contributed by atoms with van der Waals surface area (Å²) >= 11 is 0. The lowest BCUT2D eigenvalue weighted by molar-refractivity contribution is 0.0926. The fourth-order valence-electron chi connectivity index (χ4n) is 3.40. The number of benzene rings is 1. The Balaban J connectivity index is 0.00000241. The van der Waals surface area contributed by atoms with Gasteiger partial charge in [0.25, 0.3) is 11.7 Å². The second-order valence-corrected chi connectivity index (χ2v) is 9.17. The molecule has 35 heavy (non-hydrogen) atoms. The van der Waals surface area contributed by atoms with E-state index in [2.05, 4.69) is 40.8 Å². The van der Waals surface area contributed by atoms with Crippen LogP contribution in [0.1, 0.15) is 64.2 Å². The molecule has 0 fully saturated rings. The molecule has 0 aliphatic rings. The number of anilines is 2. The minimum Gasteiger partial charge on any atom is -0.343 e. The maximum absolute atomic E-state index is 15.4. The number of hydrogen-bond donors (Lipinski definition) is 2. The Morgan fingerprint density at radius 1 is 1.23 bits per heavy atom. The lowest BCUT2D eigenvalue weighted by atomic mass is 9.97. The van der Waals surface area contributed by atoms with Crippen LogP contribution in [-0.4, -0.2) is 40.8 Å². The van der Waals surface area contributed by atoms with Crippen molar-refractivity contribution in [3.05, 3.63) is 59.5 Å². The molecule has 1 amide bonds. The average Bonchev–Trinajstić information content (AvgIpc) is 3.45. The highest BCUT2D eigenvalue weighted by Crippen LogP contribution is 2.28. The van der Waals surface area contributed by atoms with Gasteiger partial charge in [0, 0.05) is 21.5 Å². The zero-order valence-corrected chi connectivity index (χ0v) is 20.3. The van der Waals surface area contributed by atoms with E-state index in [9.17, 15) is 4.79 Å². The Labute approximate surface area is 204 Å². The quantitative estimate of drug-likeness (QED) is 0.415. The molecule has 1 atom stereocenters. The zero-order chi connectivity index (χ0) is 25.3. The lowest BCUT2D eigenvalue weighted by Gasteiger charge is -2.17. The average molecular weight is 484 g/mol. The molecule has 1 aromatic carbocycles. The molecule has 3 aromatic heterocycles. The van der Waals surface area contributed by atoms with Gasteiger partial charge in [-0.25, -0.2) is 14.4 Å². The highest BCUT2D eigenvalue weighted by molar-refractivity contribution is 5.90. The third-order valence-corrected chi connectivity index (χ3v) is 5.29. The van der Waals surface area contributed by atoms with Crippen molar-refractivity contribution >= 4 is 17.5 Å². The number of rotatable bonds is 6. The van der Waals surface area contributed by atoms with E-state index in [-0.39, 0.29) is 31.4 Å². The van der Waals surface area contributed by atoms with Crippen LogP contribution >= 0.6 is 0 Å². The zero-order valence-electron chi connectivity index (χ0n) is 20.3. The summed E-state index contributed by atoms with van der Waals surface area (Å²) in [5, 5.41) is 13.6. The summed E-state index contributed by atoms with van der Waals surface area (Å²) in [5.74, 6) is -0.274. The third-order valence-electron chi connectivity index (χ3n) is 5.29. The van der Waals surface area contributed by atoms with Crippen LogP contribution in [0.2, 0.25) is 0 Å². The molecule has 0 aliphatic heterocycles. The van der Waals surface area contributed by atoms with Gasteiger partial charge in [0.15, 0.2) is 5.82 Å². The first-order chi connectivity index (χ1) is 16.5. The molecule has 0 aliphatic carbocycles. The molecule has 11 nitrogen and oxygen atoms in total. The van der Waals surface area contributed by atoms with E-state index < -0.39 is 17.8 Å². The fourth-order valence-corrected chi connectivity index (χ4v) is 3.40. The summed E-state index contributed by atoms with van der Waals surface area (Å²) in [7, 11) is 1.79. The summed E-state index contributed by atoms with van der Waals surface area (Å²) in [4.78, 5) is 29.3. The van der Waals surface area contributed by atoms with Crippen molar-refractivity contribution in [2.24, 2.45) is 7.05 Å². The van der Waals surface area contributed by atoms with Gasteiger partial charge in [0.1, 0.15) is 12.1 Å². The molecule has 2 N–H and O–H groups in total. The SMILES string of the molecule is Cc1c([C@@H](C)NC(=O)c2noc(C(C)(C)C)n2)ccc(-c2ncnc(Nc3cnn(C)c3)n2)c1F.[HH].[HH]. The second-order valence-electron chi connectivity index (χ2n) is 9.17. The minimum absolute atomic E-state index is 0. The van der Waals surface area contributed by atoms with Gasteiger partial charge in [-0.3, -0.25) is 9.48 Å². The normalized spacial score (nSPS) is 12.4. The molecule has 3 heterocycles. The van der Waals surface area contributed by atoms with Gasteiger partial charge in [0.2, 0.25) is 11.8 Å². The summed E-state index contributed by atoms with van der Waals surface area (Å²) in [5.41, 5.74) is 1.49. The van der Waals surface area contributed by atoms with Gasteiger partial charge in [-0.15, -0.1) is 0 Å². The van der Waals surface area contributed by atoms with Crippen LogP contribution in [0.3, 0.4) is 0 Å². The monoisotopic (exact) mass is 483 g/mol. The Kier molecular flexibility index (Phi) is 6.29. The lowest BCUT2D eigenvalue weighted by Crippen LogP contribution is -2.28. The van der Waals surface area contributed by atoms with Gasteiger partial charge in [-0.1, -0.05) is 32.0 Å². The topological polar surface area (TPSA) is 137 Å². The van der Waals surface area contributed by atoms with Crippen molar-refractivity contribution in [1.29, 1.82) is 0 Å². The Hall–Kier alpha value is -4.22. The number of carbonyl (C=O) groups excluding carboxylic acids is 1. The smallest absolute Gasteiger partial charge is 0.293 e. The molecule has 0 unspecified atom stereocenters. The van der Waals surface area contributed by atoms with Crippen LogP contribution in [0.15, 0.2) is 35.4 Å². The number of aryl methyl sites for hydroxylation is 1. The molecule has 186 valence electrons. The maximum Gasteiger partial charge on any atom is 0.293 e. The predicted molar refractivity (Wildman–Crippen MR) is 130 cm³/mol. The number of halogens is 1. The first-order valence-electron chi connectivity index (χ1n) is 10.9. The number of carbonyl (C=O) groups is 1. The number of hydrogen-bond acceptors (Lipinski definition) is 9. The molecule has 4 aromatic rings. The maximum atomic E-state index is 15.4. The van der Waals surface area contributed by atoms with E-state index in [0.29, 0.717) is 22.7 Å². The van der Waals surface area contributed by atoms with Gasteiger partial charge in [0.05, 0.1) is 23.5 Å². The van der Waals surface area contributed by atoms with E-state index in [4.69, 9.17) is 4.52 Å². The Morgan fingerprint density at radius 2 is 2.00 bits per heavy atom. The fraction of sp³-hybridized carbons (Fsp3) is 0.348. The van der Waals surface area contributed by atoms with Gasteiger partial charge >= 0.3 is 0 Å². The first kappa shape index (κ1) is 23.9. The molecule has 0 radical (unpaired) electrons. The third kappa shape index (κ3) is 5.15. The first-order valence-corrected chi connectivity index (χ1v) is 10.9. The molecular weight excluding hydrogens is 453 g/mol. The molecule has 0 saturated heterocycles. The highest BCUT2D eigenvalue weighted by Gasteiger charge is 2.25. The molecule has 4 rings (SSSR count). The van der Waals surface area contributed by atoms with E-state index in [1.165, 1.54) is 6.33 Å². The van der Waals surface area contributed by atoms with Crippen LogP contribution in [-0.2, 0) is 12.5 Å². The second kappa shape index (κ2) is 9.20. The largest absolute Gasteiger partial charge is 0.343 e. The van der Waals surface area contributed by atoms with E-state index >= 15 is 4.39 Å². The number of aromatic nitrogens is 7. The van der Waals surface area contributed by atoms with Crippen molar-refractivity contribution in [2.75, 3.05) is 5.32 Å². The number of nitrogens with zero attached hydrogens (tertiary/aromatic N) is 7. The summed E-state index contributed by atoms with van der Waals surface area (Å²) < 4.78 is 22.2. The highest BCUT2D eigenvalue weighted by atomic mass is 19.1. The molecule has 0 spiro atoms. The molecular formula is C23H30FN9O2. The van der Waals surface area contributed by atoms with Crippen LogP contribution in [0, 0.1) is 12.7 Å². The van der Waals surface area contributed by atoms with Gasteiger partial charge in [-0.2, -0.15) is 15.1 Å². The van der Waals surface area contributed by atoms with Crippen molar-refractivity contribution in [2.45, 2.75) is 46.1 Å². The molecule has 0 bridgehead atoms. The minimum atomic E-state index is -0.510. The summed E-state index contributed by atoms with van der Waals surface area (Å²) in [6, 6.07) is 2.80. The van der Waals surface area contributed by atoms with Crippen molar-refractivity contribution in [1.82, 2.24) is 40.2 Å². The van der Waals surface area contributed by atoms with Crippen molar-refractivity contribution < 1.29 is 16.6 Å². The van der Waals surface area contributed by atoms with E-state index in [0.717, 1.165) is 0 Å². The number of amides is 1. The van der Waals surface area contributed by atoms with Gasteiger partial charge in [-0.05, 0) is 31.0 Å². The Bertz CT molecular complexity index is 1380. The summed E-state index contributed by atoms with van der Waals surface area (Å²) in [6.45, 7) is 9.11. The van der Waals surface area contributed by atoms with Crippen LogP contribution in [0.4, 0.5) is 16.0 Å². The van der Waals surface area contributed by atoms with Crippen LogP contribution in [0.25, 0.3) is 11.4 Å². The molecule has 12 heteroatoms. The van der Waals surface area contributed by atoms with E-state index in [1.54, 1.807) is 50.1 Å². The van der Waals surface area contributed by atoms with Crippen molar-refractivity contribution in [3.8, 4) is 11.4 Å². The van der Waals surface area contributed by atoms with Crippen LogP contribution < -0.4 is 10.6 Å². The van der Waals surface area contributed by atoms with E-state index in [1.807, 2.05) is 20.8 Å². The van der Waals surface area contributed by atoms with Crippen LogP contribution in [0.5, 0.6) is 0 Å². The van der Waals surface area contributed by atoms with Crippen molar-refractivity contribution in [3.63, 3.8) is 0 Å². The predicted octanol–water partition coefficient (Wildman–Crippen LogP) is 4.13.